The maximum Gasteiger partial charge on any atom is 0.344 e. The standard InChI is InChI=1S/C15H22O5/c1-7-5-6-8-15(19-8)12(17)18-11-9(16)10(14(7,15)4)13(2,3)20-11/h7-11,16H,5-6H2,1-4H3/t7-,8-,9+,10+,11+,14-,15+/m1/s1. The van der Waals surface area contributed by atoms with E-state index in [2.05, 4.69) is 13.8 Å². The van der Waals surface area contributed by atoms with E-state index in [0.29, 0.717) is 0 Å². The van der Waals surface area contributed by atoms with Crippen molar-refractivity contribution in [3.63, 3.8) is 0 Å². The summed E-state index contributed by atoms with van der Waals surface area (Å²) >= 11 is 0. The van der Waals surface area contributed by atoms with E-state index < -0.39 is 29.0 Å². The maximum absolute atomic E-state index is 12.6. The highest BCUT2D eigenvalue weighted by Crippen LogP contribution is 2.69. The quantitative estimate of drug-likeness (QED) is 0.534. The number of carbonyl (C=O) groups is 1. The summed E-state index contributed by atoms with van der Waals surface area (Å²) in [6, 6.07) is 0. The van der Waals surface area contributed by atoms with Crippen LogP contribution in [0.4, 0.5) is 0 Å². The van der Waals surface area contributed by atoms with E-state index in [4.69, 9.17) is 14.2 Å². The first-order chi connectivity index (χ1) is 9.25. The van der Waals surface area contributed by atoms with Crippen molar-refractivity contribution in [2.24, 2.45) is 17.3 Å². The number of epoxide rings is 1. The summed E-state index contributed by atoms with van der Waals surface area (Å²) < 4.78 is 17.1. The number of hydrogen-bond acceptors (Lipinski definition) is 5. The van der Waals surface area contributed by atoms with Crippen LogP contribution in [0.25, 0.3) is 0 Å². The van der Waals surface area contributed by atoms with Crippen LogP contribution < -0.4 is 0 Å². The summed E-state index contributed by atoms with van der Waals surface area (Å²) in [5.41, 5.74) is -1.86. The number of carbonyl (C=O) groups excluding carboxylic acids is 1. The Labute approximate surface area is 118 Å². The Morgan fingerprint density at radius 1 is 1.20 bits per heavy atom. The number of esters is 1. The van der Waals surface area contributed by atoms with Gasteiger partial charge in [-0.2, -0.15) is 0 Å². The maximum atomic E-state index is 12.6. The van der Waals surface area contributed by atoms with Crippen LogP contribution in [0.15, 0.2) is 0 Å². The Morgan fingerprint density at radius 3 is 2.60 bits per heavy atom. The van der Waals surface area contributed by atoms with E-state index in [1.807, 2.05) is 13.8 Å². The Kier molecular flexibility index (Phi) is 2.21. The van der Waals surface area contributed by atoms with Crippen molar-refractivity contribution in [1.82, 2.24) is 0 Å². The van der Waals surface area contributed by atoms with E-state index in [0.717, 1.165) is 12.8 Å². The second-order valence-electron chi connectivity index (χ2n) is 7.57. The topological polar surface area (TPSA) is 68.3 Å². The number of ether oxygens (including phenoxy) is 3. The molecule has 0 aromatic rings. The molecule has 4 rings (SSSR count). The van der Waals surface area contributed by atoms with E-state index >= 15 is 0 Å². The number of aliphatic hydroxyl groups is 1. The molecule has 112 valence electrons. The Balaban J connectivity index is 1.92. The highest BCUT2D eigenvalue weighted by atomic mass is 16.7. The molecule has 3 heterocycles. The van der Waals surface area contributed by atoms with Crippen molar-refractivity contribution in [3.8, 4) is 0 Å². The number of fused-ring (bicyclic) bond motifs is 3. The third-order valence-corrected chi connectivity index (χ3v) is 6.37. The van der Waals surface area contributed by atoms with Crippen molar-refractivity contribution >= 4 is 5.97 Å². The zero-order valence-corrected chi connectivity index (χ0v) is 12.4. The zero-order valence-electron chi connectivity index (χ0n) is 12.4. The fourth-order valence-electron chi connectivity index (χ4n) is 5.31. The van der Waals surface area contributed by atoms with Crippen LogP contribution >= 0.6 is 0 Å². The summed E-state index contributed by atoms with van der Waals surface area (Å²) in [4.78, 5) is 12.6. The normalized spacial score (nSPS) is 59.2. The Morgan fingerprint density at radius 2 is 1.90 bits per heavy atom. The van der Waals surface area contributed by atoms with Gasteiger partial charge in [0.2, 0.25) is 6.29 Å². The minimum absolute atomic E-state index is 0.0569. The van der Waals surface area contributed by atoms with E-state index in [1.165, 1.54) is 0 Å². The predicted octanol–water partition coefficient (Wildman–Crippen LogP) is 1.23. The average Bonchev–Trinajstić information content (AvgIpc) is 3.04. The molecule has 1 saturated carbocycles. The van der Waals surface area contributed by atoms with E-state index in [9.17, 15) is 9.90 Å². The molecule has 0 radical (unpaired) electrons. The molecule has 4 aliphatic rings. The van der Waals surface area contributed by atoms with E-state index in [-0.39, 0.29) is 23.9 Å². The fraction of sp³-hybridized carbons (Fsp3) is 0.933. The van der Waals surface area contributed by atoms with Crippen molar-refractivity contribution in [2.45, 2.75) is 70.2 Å². The minimum Gasteiger partial charge on any atom is -0.431 e. The lowest BCUT2D eigenvalue weighted by Crippen LogP contribution is -2.60. The molecule has 5 heteroatoms. The molecule has 3 aliphatic heterocycles. The van der Waals surface area contributed by atoms with Crippen LogP contribution in [0.1, 0.15) is 40.5 Å². The van der Waals surface area contributed by atoms with Gasteiger partial charge in [0.15, 0.2) is 5.60 Å². The van der Waals surface area contributed by atoms with Gasteiger partial charge in [-0.05, 0) is 32.6 Å². The third kappa shape index (κ3) is 1.16. The number of aliphatic hydroxyl groups excluding tert-OH is 1. The van der Waals surface area contributed by atoms with Gasteiger partial charge in [0, 0.05) is 11.3 Å². The molecular formula is C15H22O5. The Hall–Kier alpha value is -0.650. The molecule has 1 aliphatic carbocycles. The molecule has 0 aromatic heterocycles. The van der Waals surface area contributed by atoms with Gasteiger partial charge < -0.3 is 19.3 Å². The van der Waals surface area contributed by atoms with Crippen molar-refractivity contribution < 1.29 is 24.1 Å². The van der Waals surface area contributed by atoms with Crippen molar-refractivity contribution in [3.05, 3.63) is 0 Å². The lowest BCUT2D eigenvalue weighted by Gasteiger charge is -2.50. The van der Waals surface area contributed by atoms with Crippen LogP contribution in [-0.2, 0) is 19.0 Å². The molecule has 3 saturated heterocycles. The van der Waals surface area contributed by atoms with Gasteiger partial charge in [0.05, 0.1) is 11.7 Å². The van der Waals surface area contributed by atoms with Crippen LogP contribution in [0.3, 0.4) is 0 Å². The molecule has 5 nitrogen and oxygen atoms in total. The molecule has 7 atom stereocenters. The van der Waals surface area contributed by atoms with Crippen LogP contribution in [0.2, 0.25) is 0 Å². The van der Waals surface area contributed by atoms with Crippen LogP contribution in [0, 0.1) is 17.3 Å². The number of hydrogen-bond donors (Lipinski definition) is 1. The molecule has 1 N–H and O–H groups in total. The van der Waals surface area contributed by atoms with Crippen LogP contribution in [0.5, 0.6) is 0 Å². The molecule has 0 amide bonds. The summed E-state index contributed by atoms with van der Waals surface area (Å²) in [6.45, 7) is 8.16. The van der Waals surface area contributed by atoms with E-state index in [1.54, 1.807) is 0 Å². The molecule has 4 fully saturated rings. The lowest BCUT2D eigenvalue weighted by atomic mass is 9.52. The van der Waals surface area contributed by atoms with Gasteiger partial charge in [0.25, 0.3) is 0 Å². The largest absolute Gasteiger partial charge is 0.431 e. The highest BCUT2D eigenvalue weighted by molar-refractivity contribution is 5.86. The molecule has 20 heavy (non-hydrogen) atoms. The van der Waals surface area contributed by atoms with Crippen molar-refractivity contribution in [1.29, 1.82) is 0 Å². The SMILES string of the molecule is C[C@@H]1CC[C@H]2O[C@]23C(=O)O[C@H]2OC(C)(C)[C@H]([C@@H]2O)[C@@]13C. The van der Waals surface area contributed by atoms with Crippen molar-refractivity contribution in [2.75, 3.05) is 0 Å². The molecule has 0 aromatic carbocycles. The Bertz CT molecular complexity index is 489. The highest BCUT2D eigenvalue weighted by Gasteiger charge is 2.82. The van der Waals surface area contributed by atoms with Gasteiger partial charge >= 0.3 is 5.97 Å². The van der Waals surface area contributed by atoms with Gasteiger partial charge in [0.1, 0.15) is 6.10 Å². The monoisotopic (exact) mass is 282 g/mol. The third-order valence-electron chi connectivity index (χ3n) is 6.37. The van der Waals surface area contributed by atoms with Gasteiger partial charge in [-0.3, -0.25) is 0 Å². The second kappa shape index (κ2) is 3.39. The summed E-state index contributed by atoms with van der Waals surface area (Å²) in [7, 11) is 0. The number of rotatable bonds is 0. The molecule has 2 bridgehead atoms. The fourth-order valence-corrected chi connectivity index (χ4v) is 5.31. The summed E-state index contributed by atoms with van der Waals surface area (Å²) in [5, 5.41) is 10.6. The predicted molar refractivity (Wildman–Crippen MR) is 68.6 cm³/mol. The summed E-state index contributed by atoms with van der Waals surface area (Å²) in [5.74, 6) is -0.251. The van der Waals surface area contributed by atoms with Gasteiger partial charge in [-0.25, -0.2) is 4.79 Å². The first-order valence-electron chi connectivity index (χ1n) is 7.50. The zero-order chi connectivity index (χ0) is 14.5. The molecule has 1 spiro atoms. The molecule has 0 unspecified atom stereocenters. The first kappa shape index (κ1) is 13.0. The minimum atomic E-state index is -0.869. The smallest absolute Gasteiger partial charge is 0.344 e. The lowest BCUT2D eigenvalue weighted by molar-refractivity contribution is -0.213. The van der Waals surface area contributed by atoms with Crippen LogP contribution in [-0.4, -0.2) is 40.8 Å². The van der Waals surface area contributed by atoms with Gasteiger partial charge in [-0.15, -0.1) is 0 Å². The summed E-state index contributed by atoms with van der Waals surface area (Å²) in [6.07, 6.45) is 0.180. The second-order valence-corrected chi connectivity index (χ2v) is 7.57. The first-order valence-corrected chi connectivity index (χ1v) is 7.50. The average molecular weight is 282 g/mol. The molecular weight excluding hydrogens is 260 g/mol. The van der Waals surface area contributed by atoms with Gasteiger partial charge in [-0.1, -0.05) is 13.8 Å².